The van der Waals surface area contributed by atoms with E-state index in [1.807, 2.05) is 0 Å². The quantitative estimate of drug-likeness (QED) is 0.903. The molecule has 1 saturated heterocycles. The molecule has 1 atom stereocenters. The predicted octanol–water partition coefficient (Wildman–Crippen LogP) is 2.44. The van der Waals surface area contributed by atoms with Gasteiger partial charge in [0.25, 0.3) is 5.91 Å². The average molecular weight is 354 g/mol. The number of nitrogens with zero attached hydrogens (tertiary/aromatic N) is 1. The molecule has 1 unspecified atom stereocenters. The van der Waals surface area contributed by atoms with E-state index in [4.69, 9.17) is 9.84 Å². The number of amides is 1. The molecule has 128 valence electrons. The first-order chi connectivity index (χ1) is 10.3. The first kappa shape index (κ1) is 19.1. The molecule has 0 spiro atoms. The maximum atomic E-state index is 12.5. The standard InChI is InChI=1S/C14H14F3NO4.ClH/c15-14(16,17)10-2-1-3-11(6-10)22-8-12(19)18-5-4-9(7-18)13(20)21;/h1-3,6,9H,4-5,7-8H2,(H,20,21);1H. The van der Waals surface area contributed by atoms with Crippen LogP contribution >= 0.6 is 12.4 Å². The molecule has 1 aromatic carbocycles. The summed E-state index contributed by atoms with van der Waals surface area (Å²) >= 11 is 0. The van der Waals surface area contributed by atoms with Gasteiger partial charge in [0.05, 0.1) is 11.5 Å². The van der Waals surface area contributed by atoms with Gasteiger partial charge in [0.15, 0.2) is 6.61 Å². The van der Waals surface area contributed by atoms with Crippen molar-refractivity contribution in [3.63, 3.8) is 0 Å². The fraction of sp³-hybridized carbons (Fsp3) is 0.429. The molecule has 1 aliphatic rings. The van der Waals surface area contributed by atoms with E-state index in [1.165, 1.54) is 17.0 Å². The Morgan fingerprint density at radius 1 is 1.35 bits per heavy atom. The van der Waals surface area contributed by atoms with E-state index in [2.05, 4.69) is 0 Å². The number of carbonyl (C=O) groups excluding carboxylic acids is 1. The molecule has 2 rings (SSSR count). The summed E-state index contributed by atoms with van der Waals surface area (Å²) in [6, 6.07) is 4.25. The zero-order valence-corrected chi connectivity index (χ0v) is 12.7. The topological polar surface area (TPSA) is 66.8 Å². The van der Waals surface area contributed by atoms with E-state index in [0.717, 1.165) is 12.1 Å². The molecule has 23 heavy (non-hydrogen) atoms. The number of alkyl halides is 3. The highest BCUT2D eigenvalue weighted by Crippen LogP contribution is 2.31. The highest BCUT2D eigenvalue weighted by molar-refractivity contribution is 5.85. The summed E-state index contributed by atoms with van der Waals surface area (Å²) in [6.07, 6.45) is -4.11. The van der Waals surface area contributed by atoms with E-state index in [1.54, 1.807) is 0 Å². The summed E-state index contributed by atoms with van der Waals surface area (Å²) in [6.45, 7) is -0.0183. The zero-order chi connectivity index (χ0) is 16.3. The second-order valence-electron chi connectivity index (χ2n) is 4.98. The minimum Gasteiger partial charge on any atom is -0.484 e. The van der Waals surface area contributed by atoms with Crippen LogP contribution in [-0.4, -0.2) is 41.6 Å². The molecule has 5 nitrogen and oxygen atoms in total. The lowest BCUT2D eigenvalue weighted by Gasteiger charge is -2.16. The van der Waals surface area contributed by atoms with Gasteiger partial charge in [-0.25, -0.2) is 0 Å². The zero-order valence-electron chi connectivity index (χ0n) is 11.9. The van der Waals surface area contributed by atoms with Crippen molar-refractivity contribution >= 4 is 24.3 Å². The van der Waals surface area contributed by atoms with Gasteiger partial charge in [0.1, 0.15) is 5.75 Å². The summed E-state index contributed by atoms with van der Waals surface area (Å²) < 4.78 is 42.7. The van der Waals surface area contributed by atoms with Crippen LogP contribution in [0.25, 0.3) is 0 Å². The van der Waals surface area contributed by atoms with E-state index in [9.17, 15) is 22.8 Å². The summed E-state index contributed by atoms with van der Waals surface area (Å²) in [5.74, 6) is -2.06. The number of hydrogen-bond donors (Lipinski definition) is 1. The fourth-order valence-corrected chi connectivity index (χ4v) is 2.19. The average Bonchev–Trinajstić information content (AvgIpc) is 2.94. The van der Waals surface area contributed by atoms with Crippen LogP contribution in [-0.2, 0) is 15.8 Å². The molecular formula is C14H15ClF3NO4. The van der Waals surface area contributed by atoms with Crippen molar-refractivity contribution in [1.29, 1.82) is 0 Å². The van der Waals surface area contributed by atoms with Gasteiger partial charge >= 0.3 is 12.1 Å². The summed E-state index contributed by atoms with van der Waals surface area (Å²) in [5, 5.41) is 8.85. The summed E-state index contributed by atoms with van der Waals surface area (Å²) in [4.78, 5) is 24.0. The predicted molar refractivity (Wildman–Crippen MR) is 76.5 cm³/mol. The second kappa shape index (κ2) is 7.54. The monoisotopic (exact) mass is 353 g/mol. The van der Waals surface area contributed by atoms with Crippen LogP contribution in [0.3, 0.4) is 0 Å². The van der Waals surface area contributed by atoms with Crippen LogP contribution in [0.15, 0.2) is 24.3 Å². The molecule has 1 aliphatic heterocycles. The van der Waals surface area contributed by atoms with Crippen molar-refractivity contribution < 1.29 is 32.6 Å². The van der Waals surface area contributed by atoms with Crippen LogP contribution in [0, 0.1) is 5.92 Å². The number of carboxylic acids is 1. The molecule has 9 heteroatoms. The van der Waals surface area contributed by atoms with Crippen molar-refractivity contribution in [2.45, 2.75) is 12.6 Å². The Kier molecular flexibility index (Phi) is 6.26. The lowest BCUT2D eigenvalue weighted by molar-refractivity contribution is -0.141. The second-order valence-corrected chi connectivity index (χ2v) is 4.98. The number of halogens is 4. The normalized spacial score (nSPS) is 17.5. The van der Waals surface area contributed by atoms with E-state index >= 15 is 0 Å². The van der Waals surface area contributed by atoms with Gasteiger partial charge in [-0.2, -0.15) is 13.2 Å². The number of rotatable bonds is 4. The highest BCUT2D eigenvalue weighted by atomic mass is 35.5. The molecular weight excluding hydrogens is 339 g/mol. The van der Waals surface area contributed by atoms with Gasteiger partial charge in [0.2, 0.25) is 0 Å². The number of carbonyl (C=O) groups is 2. The molecule has 0 saturated carbocycles. The Balaban J connectivity index is 0.00000264. The number of likely N-dealkylation sites (tertiary alicyclic amines) is 1. The number of aliphatic carboxylic acids is 1. The summed E-state index contributed by atoms with van der Waals surface area (Å²) in [5.41, 5.74) is -0.857. The maximum Gasteiger partial charge on any atom is 0.416 e. The Labute approximate surface area is 136 Å². The molecule has 1 fully saturated rings. The van der Waals surface area contributed by atoms with Crippen LogP contribution in [0.5, 0.6) is 5.75 Å². The molecule has 0 bridgehead atoms. The van der Waals surface area contributed by atoms with Crippen molar-refractivity contribution in [2.75, 3.05) is 19.7 Å². The molecule has 0 aliphatic carbocycles. The first-order valence-corrected chi connectivity index (χ1v) is 6.58. The van der Waals surface area contributed by atoms with Gasteiger partial charge in [-0.1, -0.05) is 6.07 Å². The molecule has 1 aromatic rings. The van der Waals surface area contributed by atoms with E-state index in [0.29, 0.717) is 13.0 Å². The molecule has 1 N–H and O–H groups in total. The van der Waals surface area contributed by atoms with Crippen molar-refractivity contribution in [1.82, 2.24) is 4.90 Å². The third-order valence-electron chi connectivity index (χ3n) is 3.41. The van der Waals surface area contributed by atoms with E-state index < -0.39 is 36.1 Å². The first-order valence-electron chi connectivity index (χ1n) is 6.58. The van der Waals surface area contributed by atoms with Gasteiger partial charge in [-0.3, -0.25) is 9.59 Å². The molecule has 1 heterocycles. The Bertz CT molecular complexity index is 579. The number of benzene rings is 1. The molecule has 0 radical (unpaired) electrons. The minimum atomic E-state index is -4.48. The van der Waals surface area contributed by atoms with Crippen LogP contribution in [0.4, 0.5) is 13.2 Å². The highest BCUT2D eigenvalue weighted by Gasteiger charge is 2.32. The Hall–Kier alpha value is -1.96. The third kappa shape index (κ3) is 5.02. The van der Waals surface area contributed by atoms with Crippen LogP contribution < -0.4 is 4.74 Å². The van der Waals surface area contributed by atoms with Crippen molar-refractivity contribution in [3.05, 3.63) is 29.8 Å². The molecule has 1 amide bonds. The van der Waals surface area contributed by atoms with Gasteiger partial charge < -0.3 is 14.7 Å². The fourth-order valence-electron chi connectivity index (χ4n) is 2.19. The number of ether oxygens (including phenoxy) is 1. The number of carboxylic acid groups (broad SMARTS) is 1. The van der Waals surface area contributed by atoms with Crippen LogP contribution in [0.2, 0.25) is 0 Å². The maximum absolute atomic E-state index is 12.5. The lowest BCUT2D eigenvalue weighted by Crippen LogP contribution is -2.33. The number of hydrogen-bond acceptors (Lipinski definition) is 3. The summed E-state index contributed by atoms with van der Waals surface area (Å²) in [7, 11) is 0. The molecule has 0 aromatic heterocycles. The smallest absolute Gasteiger partial charge is 0.416 e. The van der Waals surface area contributed by atoms with Gasteiger partial charge in [0, 0.05) is 13.1 Å². The van der Waals surface area contributed by atoms with Gasteiger partial charge in [-0.15, -0.1) is 12.4 Å². The SMILES string of the molecule is Cl.O=C(O)C1CCN(C(=O)COc2cccc(C(F)(F)F)c2)C1. The minimum absolute atomic E-state index is 0. The van der Waals surface area contributed by atoms with Crippen molar-refractivity contribution in [3.8, 4) is 5.75 Å². The Morgan fingerprint density at radius 3 is 2.61 bits per heavy atom. The largest absolute Gasteiger partial charge is 0.484 e. The van der Waals surface area contributed by atoms with Crippen molar-refractivity contribution in [2.24, 2.45) is 5.92 Å². The Morgan fingerprint density at radius 2 is 2.04 bits per heavy atom. The lowest BCUT2D eigenvalue weighted by atomic mass is 10.1. The van der Waals surface area contributed by atoms with E-state index in [-0.39, 0.29) is 24.7 Å². The van der Waals surface area contributed by atoms with Crippen LogP contribution in [0.1, 0.15) is 12.0 Å². The third-order valence-corrected chi connectivity index (χ3v) is 3.41. The van der Waals surface area contributed by atoms with Gasteiger partial charge in [-0.05, 0) is 24.6 Å².